The standard InChI is InChI=1S/C14H27O6Si/c1-12(2,3)18-15-10(16-19-13(4,5)6)11(21)17-20-14(7,8)9/h1-9H3. The molecule has 3 radical (unpaired) electrons. The zero-order valence-electron chi connectivity index (χ0n) is 14.4. The maximum absolute atomic E-state index is 5.18. The number of rotatable bonds is 6. The Balaban J connectivity index is 4.83. The van der Waals surface area contributed by atoms with E-state index < -0.39 is 16.8 Å². The van der Waals surface area contributed by atoms with Crippen LogP contribution < -0.4 is 0 Å². The average molecular weight is 319 g/mol. The lowest BCUT2D eigenvalue weighted by Crippen LogP contribution is -2.24. The van der Waals surface area contributed by atoms with Crippen LogP contribution in [0.3, 0.4) is 0 Å². The van der Waals surface area contributed by atoms with Crippen LogP contribution in [0.4, 0.5) is 0 Å². The zero-order chi connectivity index (χ0) is 16.9. The van der Waals surface area contributed by atoms with Crippen molar-refractivity contribution >= 4 is 10.2 Å². The molecule has 123 valence electrons. The molecule has 0 aromatic rings. The molecule has 0 saturated carbocycles. The predicted molar refractivity (Wildman–Crippen MR) is 78.5 cm³/mol. The fraction of sp³-hybridized carbons (Fsp3) is 0.857. The highest BCUT2D eigenvalue weighted by Crippen LogP contribution is 2.19. The van der Waals surface area contributed by atoms with Crippen LogP contribution in [0.25, 0.3) is 0 Å². The molecule has 0 amide bonds. The molecule has 0 atom stereocenters. The lowest BCUT2D eigenvalue weighted by atomic mass is 10.2. The molecule has 7 heteroatoms. The van der Waals surface area contributed by atoms with Crippen LogP contribution in [0.1, 0.15) is 62.3 Å². The molecule has 0 bridgehead atoms. The molecule has 6 nitrogen and oxygen atoms in total. The molecule has 21 heavy (non-hydrogen) atoms. The highest BCUT2D eigenvalue weighted by Gasteiger charge is 2.22. The molecule has 0 saturated heterocycles. The van der Waals surface area contributed by atoms with Gasteiger partial charge < -0.3 is 4.89 Å². The molecule has 0 rings (SSSR count). The van der Waals surface area contributed by atoms with Crippen molar-refractivity contribution < 1.29 is 29.3 Å². The van der Waals surface area contributed by atoms with Crippen LogP contribution in [0.2, 0.25) is 0 Å². The van der Waals surface area contributed by atoms with Gasteiger partial charge in [-0.25, -0.2) is 0 Å². The first-order valence-corrected chi connectivity index (χ1v) is 7.22. The van der Waals surface area contributed by atoms with E-state index in [9.17, 15) is 0 Å². The van der Waals surface area contributed by atoms with E-state index in [1.165, 1.54) is 0 Å². The Kier molecular flexibility index (Phi) is 7.21. The number of hydrogen-bond acceptors (Lipinski definition) is 6. The summed E-state index contributed by atoms with van der Waals surface area (Å²) in [5.74, 6) is -0.138. The molecule has 0 aliphatic carbocycles. The molecule has 0 fully saturated rings. The van der Waals surface area contributed by atoms with E-state index in [1.807, 2.05) is 62.3 Å². The highest BCUT2D eigenvalue weighted by atomic mass is 28.1. The molecule has 0 aliphatic heterocycles. The first kappa shape index (κ1) is 20.2. The van der Waals surface area contributed by atoms with Crippen molar-refractivity contribution in [3.8, 4) is 0 Å². The monoisotopic (exact) mass is 319 g/mol. The minimum Gasteiger partial charge on any atom is -0.340 e. The fourth-order valence-corrected chi connectivity index (χ4v) is 0.741. The Morgan fingerprint density at radius 2 is 0.857 bits per heavy atom. The van der Waals surface area contributed by atoms with E-state index in [1.54, 1.807) is 0 Å². The summed E-state index contributed by atoms with van der Waals surface area (Å²) in [7, 11) is 3.21. The molecule has 0 N–H and O–H groups in total. The maximum atomic E-state index is 5.18. The van der Waals surface area contributed by atoms with Crippen LogP contribution in [-0.4, -0.2) is 27.0 Å². The van der Waals surface area contributed by atoms with E-state index in [-0.39, 0.29) is 11.3 Å². The topological polar surface area (TPSA) is 55.4 Å². The zero-order valence-corrected chi connectivity index (χ0v) is 15.4. The Morgan fingerprint density at radius 1 is 0.571 bits per heavy atom. The van der Waals surface area contributed by atoms with Crippen LogP contribution in [0.15, 0.2) is 11.3 Å². The summed E-state index contributed by atoms with van der Waals surface area (Å²) in [6.07, 6.45) is 0. The minimum atomic E-state index is -0.534. The van der Waals surface area contributed by atoms with Crippen molar-refractivity contribution in [2.24, 2.45) is 0 Å². The maximum Gasteiger partial charge on any atom is 0.387 e. The van der Waals surface area contributed by atoms with Crippen molar-refractivity contribution in [1.29, 1.82) is 0 Å². The van der Waals surface area contributed by atoms with Gasteiger partial charge in [-0.2, -0.15) is 14.7 Å². The predicted octanol–water partition coefficient (Wildman–Crippen LogP) is 3.52. The first-order valence-electron chi connectivity index (χ1n) is 6.72. The third-order valence-electron chi connectivity index (χ3n) is 1.30. The first-order chi connectivity index (χ1) is 9.20. The second kappa shape index (κ2) is 7.48. The molecule has 0 aliphatic rings. The lowest BCUT2D eigenvalue weighted by molar-refractivity contribution is -0.422. The molecular formula is C14H27O6Si. The van der Waals surface area contributed by atoms with Gasteiger partial charge in [0.05, 0.1) is 0 Å². The van der Waals surface area contributed by atoms with Crippen molar-refractivity contribution in [1.82, 2.24) is 0 Å². The van der Waals surface area contributed by atoms with Crippen LogP contribution in [0.5, 0.6) is 0 Å². The van der Waals surface area contributed by atoms with Crippen molar-refractivity contribution in [3.63, 3.8) is 0 Å². The Hall–Kier alpha value is -0.763. The normalized spacial score (nSPS) is 12.9. The Morgan fingerprint density at radius 3 is 1.14 bits per heavy atom. The summed E-state index contributed by atoms with van der Waals surface area (Å²) in [6, 6.07) is 0. The lowest BCUT2D eigenvalue weighted by Gasteiger charge is -2.23. The van der Waals surface area contributed by atoms with E-state index in [0.717, 1.165) is 0 Å². The Labute approximate surface area is 130 Å². The van der Waals surface area contributed by atoms with Crippen molar-refractivity contribution in [2.45, 2.75) is 79.1 Å². The van der Waals surface area contributed by atoms with Crippen LogP contribution in [0, 0.1) is 0 Å². The number of hydrogen-bond donors (Lipinski definition) is 0. The summed E-state index contributed by atoms with van der Waals surface area (Å²) in [5, 5.41) is 0.0541. The molecule has 0 aromatic carbocycles. The van der Waals surface area contributed by atoms with E-state index in [2.05, 4.69) is 10.2 Å². The van der Waals surface area contributed by atoms with Gasteiger partial charge in [-0.15, -0.1) is 0 Å². The largest absolute Gasteiger partial charge is 0.387 e. The molecular weight excluding hydrogens is 292 g/mol. The van der Waals surface area contributed by atoms with Crippen LogP contribution in [-0.2, 0) is 29.3 Å². The van der Waals surface area contributed by atoms with Gasteiger partial charge in [0, 0.05) is 0 Å². The SMILES string of the molecule is CC(C)(C)OOC([Si])=C(OOC(C)(C)C)OOC(C)(C)C. The third kappa shape index (κ3) is 12.7. The molecule has 0 unspecified atom stereocenters. The van der Waals surface area contributed by atoms with Gasteiger partial charge in [-0.3, -0.25) is 9.78 Å². The second-order valence-corrected chi connectivity index (χ2v) is 7.91. The van der Waals surface area contributed by atoms with Gasteiger partial charge in [0.15, 0.2) is 5.38 Å². The van der Waals surface area contributed by atoms with Gasteiger partial charge >= 0.3 is 5.95 Å². The molecule has 0 heterocycles. The van der Waals surface area contributed by atoms with Crippen molar-refractivity contribution in [2.75, 3.05) is 0 Å². The summed E-state index contributed by atoms with van der Waals surface area (Å²) < 4.78 is 0. The molecule has 0 aromatic heterocycles. The Bertz CT molecular complexity index is 326. The smallest absolute Gasteiger partial charge is 0.340 e. The van der Waals surface area contributed by atoms with Gasteiger partial charge in [0.2, 0.25) is 0 Å². The van der Waals surface area contributed by atoms with E-state index in [4.69, 9.17) is 29.3 Å². The van der Waals surface area contributed by atoms with Gasteiger partial charge in [0.25, 0.3) is 0 Å². The average Bonchev–Trinajstić information content (AvgIpc) is 2.22. The minimum absolute atomic E-state index is 0.0541. The fourth-order valence-electron chi connectivity index (χ4n) is 0.616. The third-order valence-corrected chi connectivity index (χ3v) is 1.58. The van der Waals surface area contributed by atoms with Crippen LogP contribution >= 0.6 is 0 Å². The molecule has 0 spiro atoms. The summed E-state index contributed by atoms with van der Waals surface area (Å²) in [4.78, 5) is 30.8. The summed E-state index contributed by atoms with van der Waals surface area (Å²) in [6.45, 7) is 16.5. The van der Waals surface area contributed by atoms with Gasteiger partial charge in [0.1, 0.15) is 27.0 Å². The quantitative estimate of drug-likeness (QED) is 0.323. The highest BCUT2D eigenvalue weighted by molar-refractivity contribution is 6.20. The summed E-state index contributed by atoms with van der Waals surface area (Å²) >= 11 is 0. The van der Waals surface area contributed by atoms with E-state index in [0.29, 0.717) is 0 Å². The summed E-state index contributed by atoms with van der Waals surface area (Å²) in [5.41, 5.74) is -1.57. The van der Waals surface area contributed by atoms with E-state index >= 15 is 0 Å². The van der Waals surface area contributed by atoms with Gasteiger partial charge in [-0.05, 0) is 62.3 Å². The second-order valence-electron chi connectivity index (χ2n) is 7.45. The van der Waals surface area contributed by atoms with Crippen molar-refractivity contribution in [3.05, 3.63) is 11.3 Å². The van der Waals surface area contributed by atoms with Gasteiger partial charge in [-0.1, -0.05) is 0 Å².